The molecular formula is C18H27N3O. The number of benzene rings is 1. The molecular weight excluding hydrogens is 274 g/mol. The van der Waals surface area contributed by atoms with Gasteiger partial charge >= 0.3 is 0 Å². The van der Waals surface area contributed by atoms with Crippen LogP contribution in [0.1, 0.15) is 38.2 Å². The number of rotatable bonds is 3. The van der Waals surface area contributed by atoms with Crippen LogP contribution in [0, 0.1) is 11.8 Å². The number of guanidine groups is 1. The lowest BCUT2D eigenvalue weighted by Gasteiger charge is -2.22. The van der Waals surface area contributed by atoms with Gasteiger partial charge in [-0.3, -0.25) is 0 Å². The fourth-order valence-corrected chi connectivity index (χ4v) is 3.83. The first-order valence-electron chi connectivity index (χ1n) is 8.57. The number of fused-ring (bicyclic) bond motifs is 1. The van der Waals surface area contributed by atoms with Gasteiger partial charge in [-0.05, 0) is 49.3 Å². The quantitative estimate of drug-likeness (QED) is 0.666. The summed E-state index contributed by atoms with van der Waals surface area (Å²) in [5, 5.41) is 13.0. The van der Waals surface area contributed by atoms with Crippen LogP contribution in [0.4, 0.5) is 0 Å². The minimum Gasteiger partial charge on any atom is -0.508 e. The van der Waals surface area contributed by atoms with Crippen molar-refractivity contribution in [1.29, 1.82) is 0 Å². The highest BCUT2D eigenvalue weighted by atomic mass is 16.3. The van der Waals surface area contributed by atoms with E-state index in [1.165, 1.54) is 25.7 Å². The van der Waals surface area contributed by atoms with Crippen LogP contribution in [0.15, 0.2) is 29.3 Å². The van der Waals surface area contributed by atoms with Crippen LogP contribution in [0.25, 0.3) is 0 Å². The second kappa shape index (κ2) is 7.03. The Balaban J connectivity index is 1.68. The van der Waals surface area contributed by atoms with Crippen LogP contribution >= 0.6 is 0 Å². The Labute approximate surface area is 133 Å². The van der Waals surface area contributed by atoms with Gasteiger partial charge in [-0.2, -0.15) is 0 Å². The number of nitrogens with one attached hydrogen (secondary N) is 1. The first kappa shape index (κ1) is 15.2. The van der Waals surface area contributed by atoms with E-state index in [0.29, 0.717) is 12.3 Å². The van der Waals surface area contributed by atoms with Gasteiger partial charge in [0.25, 0.3) is 0 Å². The van der Waals surface area contributed by atoms with Gasteiger partial charge in [0, 0.05) is 19.6 Å². The Morgan fingerprint density at radius 3 is 2.64 bits per heavy atom. The number of hydrogen-bond donors (Lipinski definition) is 2. The van der Waals surface area contributed by atoms with E-state index in [-0.39, 0.29) is 0 Å². The summed E-state index contributed by atoms with van der Waals surface area (Å²) in [6, 6.07) is 7.37. The van der Waals surface area contributed by atoms with Gasteiger partial charge in [-0.1, -0.05) is 25.0 Å². The molecule has 0 bridgehead atoms. The van der Waals surface area contributed by atoms with E-state index in [1.807, 2.05) is 12.1 Å². The summed E-state index contributed by atoms with van der Waals surface area (Å²) < 4.78 is 0. The van der Waals surface area contributed by atoms with Gasteiger partial charge in [0.05, 0.1) is 6.54 Å². The number of likely N-dealkylation sites (tertiary alicyclic amines) is 1. The van der Waals surface area contributed by atoms with Crippen molar-refractivity contribution < 1.29 is 5.11 Å². The second-order valence-corrected chi connectivity index (χ2v) is 6.55. The highest BCUT2D eigenvalue weighted by molar-refractivity contribution is 5.80. The predicted octanol–water partition coefficient (Wildman–Crippen LogP) is 2.98. The van der Waals surface area contributed by atoms with Crippen molar-refractivity contribution in [2.45, 2.75) is 39.2 Å². The van der Waals surface area contributed by atoms with Crippen molar-refractivity contribution >= 4 is 5.96 Å². The lowest BCUT2D eigenvalue weighted by atomic mass is 9.82. The highest BCUT2D eigenvalue weighted by Crippen LogP contribution is 2.35. The predicted molar refractivity (Wildman–Crippen MR) is 89.9 cm³/mol. The normalized spacial score (nSPS) is 25.1. The largest absolute Gasteiger partial charge is 0.508 e. The molecule has 0 amide bonds. The molecule has 3 rings (SSSR count). The summed E-state index contributed by atoms with van der Waals surface area (Å²) in [5.41, 5.74) is 1.05. The molecule has 0 spiro atoms. The molecule has 1 saturated carbocycles. The van der Waals surface area contributed by atoms with Crippen LogP contribution in [-0.2, 0) is 6.54 Å². The summed E-state index contributed by atoms with van der Waals surface area (Å²) in [5.74, 6) is 3.06. The number of phenolic OH excluding ortho intramolecular Hbond substituents is 1. The van der Waals surface area contributed by atoms with Crippen molar-refractivity contribution in [2.75, 3.05) is 19.6 Å². The van der Waals surface area contributed by atoms with Crippen LogP contribution in [0.3, 0.4) is 0 Å². The number of aliphatic imine (C=N–C) groups is 1. The summed E-state index contributed by atoms with van der Waals surface area (Å²) in [6.07, 6.45) is 5.55. The summed E-state index contributed by atoms with van der Waals surface area (Å²) in [6.45, 7) is 5.92. The van der Waals surface area contributed by atoms with Gasteiger partial charge in [0.1, 0.15) is 5.75 Å². The number of hydrogen-bond acceptors (Lipinski definition) is 2. The third kappa shape index (κ3) is 3.54. The van der Waals surface area contributed by atoms with E-state index in [1.54, 1.807) is 12.1 Å². The summed E-state index contributed by atoms with van der Waals surface area (Å²) in [7, 11) is 0. The van der Waals surface area contributed by atoms with Gasteiger partial charge in [0.15, 0.2) is 5.96 Å². The molecule has 1 aliphatic carbocycles. The molecule has 2 atom stereocenters. The number of nitrogens with zero attached hydrogens (tertiary/aromatic N) is 2. The minimum absolute atomic E-state index is 0.310. The van der Waals surface area contributed by atoms with E-state index in [2.05, 4.69) is 17.1 Å². The molecule has 22 heavy (non-hydrogen) atoms. The Morgan fingerprint density at radius 2 is 2.00 bits per heavy atom. The molecule has 1 heterocycles. The summed E-state index contributed by atoms with van der Waals surface area (Å²) >= 11 is 0. The van der Waals surface area contributed by atoms with Crippen LogP contribution in [-0.4, -0.2) is 35.6 Å². The molecule has 1 aromatic carbocycles. The Bertz CT molecular complexity index is 515. The standard InChI is InChI=1S/C18H27N3O/c1-2-19-18(20-11-14-6-5-9-17(22)10-14)21-12-15-7-3-4-8-16(15)13-21/h5-6,9-10,15-16,22H,2-4,7-8,11-13H2,1H3,(H,19,20). The Morgan fingerprint density at radius 1 is 1.27 bits per heavy atom. The lowest BCUT2D eigenvalue weighted by molar-refractivity contribution is 0.299. The van der Waals surface area contributed by atoms with Crippen molar-refractivity contribution in [2.24, 2.45) is 16.8 Å². The third-order valence-electron chi connectivity index (χ3n) is 4.93. The fourth-order valence-electron chi connectivity index (χ4n) is 3.83. The van der Waals surface area contributed by atoms with E-state index in [9.17, 15) is 5.11 Å². The molecule has 2 aliphatic rings. The Hall–Kier alpha value is -1.71. The molecule has 0 radical (unpaired) electrons. The van der Waals surface area contributed by atoms with E-state index in [4.69, 9.17) is 4.99 Å². The number of aromatic hydroxyl groups is 1. The first-order chi connectivity index (χ1) is 10.8. The monoisotopic (exact) mass is 301 g/mol. The average molecular weight is 301 g/mol. The fraction of sp³-hybridized carbons (Fsp3) is 0.611. The molecule has 120 valence electrons. The molecule has 0 aromatic heterocycles. The summed E-state index contributed by atoms with van der Waals surface area (Å²) in [4.78, 5) is 7.22. The maximum Gasteiger partial charge on any atom is 0.194 e. The average Bonchev–Trinajstić information content (AvgIpc) is 2.95. The van der Waals surface area contributed by atoms with E-state index in [0.717, 1.165) is 43.0 Å². The SMILES string of the molecule is CCNC(=NCc1cccc(O)c1)N1CC2CCCCC2C1. The highest BCUT2D eigenvalue weighted by Gasteiger charge is 2.35. The van der Waals surface area contributed by atoms with Gasteiger partial charge in [-0.25, -0.2) is 4.99 Å². The third-order valence-corrected chi connectivity index (χ3v) is 4.93. The van der Waals surface area contributed by atoms with Crippen molar-refractivity contribution in [3.05, 3.63) is 29.8 Å². The lowest BCUT2D eigenvalue weighted by Crippen LogP contribution is -2.40. The maximum atomic E-state index is 9.56. The van der Waals surface area contributed by atoms with Gasteiger partial charge in [0.2, 0.25) is 0 Å². The second-order valence-electron chi connectivity index (χ2n) is 6.55. The van der Waals surface area contributed by atoms with Crippen molar-refractivity contribution in [3.63, 3.8) is 0 Å². The molecule has 2 fully saturated rings. The molecule has 2 unspecified atom stereocenters. The molecule has 4 nitrogen and oxygen atoms in total. The van der Waals surface area contributed by atoms with Crippen LogP contribution < -0.4 is 5.32 Å². The zero-order valence-corrected chi connectivity index (χ0v) is 13.5. The molecule has 1 aliphatic heterocycles. The molecule has 1 aromatic rings. The molecule has 2 N–H and O–H groups in total. The molecule has 4 heteroatoms. The minimum atomic E-state index is 0.310. The van der Waals surface area contributed by atoms with Crippen LogP contribution in [0.2, 0.25) is 0 Å². The van der Waals surface area contributed by atoms with Gasteiger partial charge in [-0.15, -0.1) is 0 Å². The zero-order chi connectivity index (χ0) is 15.4. The Kier molecular flexibility index (Phi) is 4.86. The topological polar surface area (TPSA) is 47.9 Å². The van der Waals surface area contributed by atoms with Crippen LogP contribution in [0.5, 0.6) is 5.75 Å². The smallest absolute Gasteiger partial charge is 0.194 e. The van der Waals surface area contributed by atoms with Gasteiger partial charge < -0.3 is 15.3 Å². The number of phenols is 1. The maximum absolute atomic E-state index is 9.56. The van der Waals surface area contributed by atoms with Crippen molar-refractivity contribution in [3.8, 4) is 5.75 Å². The first-order valence-corrected chi connectivity index (χ1v) is 8.57. The van der Waals surface area contributed by atoms with Crippen molar-refractivity contribution in [1.82, 2.24) is 10.2 Å². The zero-order valence-electron chi connectivity index (χ0n) is 13.5. The van der Waals surface area contributed by atoms with E-state index >= 15 is 0 Å². The molecule has 1 saturated heterocycles. The van der Waals surface area contributed by atoms with E-state index < -0.39 is 0 Å².